The van der Waals surface area contributed by atoms with Gasteiger partial charge in [0.1, 0.15) is 0 Å². The molecule has 1 atom stereocenters. The molecule has 0 spiro atoms. The van der Waals surface area contributed by atoms with Gasteiger partial charge in [-0.3, -0.25) is 9.69 Å². The summed E-state index contributed by atoms with van der Waals surface area (Å²) in [5.74, 6) is -0.499. The Bertz CT molecular complexity index is 910. The Morgan fingerprint density at radius 3 is 2.70 bits per heavy atom. The Balaban J connectivity index is 1.42. The molecule has 1 heterocycles. The van der Waals surface area contributed by atoms with Gasteiger partial charge in [0.05, 0.1) is 22.8 Å². The number of ether oxygens (including phenoxy) is 1. The number of hydrogen-bond donors (Lipinski definition) is 3. The number of amides is 3. The summed E-state index contributed by atoms with van der Waals surface area (Å²) in [4.78, 5) is 25.6. The van der Waals surface area contributed by atoms with Crippen LogP contribution in [0.15, 0.2) is 42.5 Å². The van der Waals surface area contributed by atoms with Crippen LogP contribution in [0.3, 0.4) is 0 Å². The average Bonchev–Trinajstić information content (AvgIpc) is 2.74. The van der Waals surface area contributed by atoms with Gasteiger partial charge >= 0.3 is 6.03 Å². The van der Waals surface area contributed by atoms with Gasteiger partial charge in [-0.05, 0) is 35.4 Å². The minimum Gasteiger partial charge on any atom is -0.374 e. The van der Waals surface area contributed by atoms with Gasteiger partial charge in [-0.15, -0.1) is 0 Å². The average molecular weight is 451 g/mol. The lowest BCUT2D eigenvalue weighted by Crippen LogP contribution is -2.48. The van der Waals surface area contributed by atoms with Crippen molar-refractivity contribution in [3.05, 3.63) is 69.2 Å². The molecule has 0 aromatic heterocycles. The summed E-state index contributed by atoms with van der Waals surface area (Å²) in [5.41, 5.74) is 7.56. The Morgan fingerprint density at radius 2 is 1.93 bits per heavy atom. The molecule has 2 aromatic carbocycles. The van der Waals surface area contributed by atoms with Gasteiger partial charge < -0.3 is 21.1 Å². The van der Waals surface area contributed by atoms with Crippen molar-refractivity contribution in [2.75, 3.05) is 26.2 Å². The highest BCUT2D eigenvalue weighted by atomic mass is 35.5. The number of carbonyl (C=O) groups excluding carboxylic acids is 2. The third-order valence-electron chi connectivity index (χ3n) is 4.77. The summed E-state index contributed by atoms with van der Waals surface area (Å²) >= 11 is 12.1. The molecular weight excluding hydrogens is 427 g/mol. The topological polar surface area (TPSA) is 96.7 Å². The maximum absolute atomic E-state index is 12.1. The van der Waals surface area contributed by atoms with Gasteiger partial charge in [-0.25, -0.2) is 4.79 Å². The molecule has 9 heteroatoms. The fourth-order valence-electron chi connectivity index (χ4n) is 3.23. The van der Waals surface area contributed by atoms with Crippen molar-refractivity contribution in [2.45, 2.75) is 19.2 Å². The molecule has 1 aliphatic rings. The number of nitrogens with one attached hydrogen (secondary N) is 2. The van der Waals surface area contributed by atoms with E-state index < -0.39 is 5.91 Å². The van der Waals surface area contributed by atoms with E-state index in [1.807, 2.05) is 18.2 Å². The van der Waals surface area contributed by atoms with Crippen LogP contribution >= 0.6 is 23.2 Å². The fourth-order valence-corrected chi connectivity index (χ4v) is 3.55. The zero-order valence-electron chi connectivity index (χ0n) is 16.4. The SMILES string of the molecule is NC(=O)c1cccc(CNC(=O)NC[C@H]2CN(Cc3ccc(Cl)c(Cl)c3)CCO2)c1. The van der Waals surface area contributed by atoms with Gasteiger partial charge in [-0.1, -0.05) is 41.4 Å². The molecule has 1 saturated heterocycles. The normalized spacial score (nSPS) is 16.8. The number of carbonyl (C=O) groups is 2. The minimum atomic E-state index is -0.499. The van der Waals surface area contributed by atoms with Crippen LogP contribution in [0.4, 0.5) is 4.79 Å². The first kappa shape index (κ1) is 22.4. The molecule has 7 nitrogen and oxygen atoms in total. The molecule has 0 bridgehead atoms. The second kappa shape index (κ2) is 10.6. The number of urea groups is 1. The number of nitrogens with two attached hydrogens (primary N) is 1. The summed E-state index contributed by atoms with van der Waals surface area (Å²) < 4.78 is 5.76. The van der Waals surface area contributed by atoms with Crippen LogP contribution in [-0.4, -0.2) is 49.2 Å². The minimum absolute atomic E-state index is 0.106. The highest BCUT2D eigenvalue weighted by molar-refractivity contribution is 6.42. The number of morpholine rings is 1. The van der Waals surface area contributed by atoms with Crippen LogP contribution in [0.2, 0.25) is 10.0 Å². The van der Waals surface area contributed by atoms with E-state index in [1.54, 1.807) is 24.3 Å². The number of benzene rings is 2. The highest BCUT2D eigenvalue weighted by Gasteiger charge is 2.21. The predicted octanol–water partition coefficient (Wildman–Crippen LogP) is 2.79. The van der Waals surface area contributed by atoms with E-state index in [0.717, 1.165) is 24.2 Å². The Morgan fingerprint density at radius 1 is 1.10 bits per heavy atom. The molecule has 30 heavy (non-hydrogen) atoms. The predicted molar refractivity (Wildman–Crippen MR) is 117 cm³/mol. The molecular formula is C21H24Cl2N4O3. The van der Waals surface area contributed by atoms with E-state index in [0.29, 0.717) is 41.8 Å². The second-order valence-electron chi connectivity index (χ2n) is 7.10. The Hall–Kier alpha value is -2.32. The van der Waals surface area contributed by atoms with Crippen molar-refractivity contribution in [3.8, 4) is 0 Å². The molecule has 0 aliphatic carbocycles. The molecule has 3 amide bonds. The standard InChI is InChI=1S/C21H24Cl2N4O3/c22-18-5-4-15(9-19(18)23)12-27-6-7-30-17(13-27)11-26-21(29)25-10-14-2-1-3-16(8-14)20(24)28/h1-5,8-9,17H,6-7,10-13H2,(H2,24,28)(H2,25,26,29)/t17-/m0/s1. The second-order valence-corrected chi connectivity index (χ2v) is 7.92. The smallest absolute Gasteiger partial charge is 0.315 e. The largest absolute Gasteiger partial charge is 0.374 e. The number of nitrogens with zero attached hydrogens (tertiary/aromatic N) is 1. The van der Waals surface area contributed by atoms with Crippen LogP contribution in [0.1, 0.15) is 21.5 Å². The van der Waals surface area contributed by atoms with Gasteiger partial charge in [0.2, 0.25) is 5.91 Å². The summed E-state index contributed by atoms with van der Waals surface area (Å²) in [7, 11) is 0. The van der Waals surface area contributed by atoms with Crippen molar-refractivity contribution in [3.63, 3.8) is 0 Å². The molecule has 0 radical (unpaired) electrons. The number of primary amides is 1. The molecule has 3 rings (SSSR count). The number of halogens is 2. The van der Waals surface area contributed by atoms with Crippen molar-refractivity contribution in [2.24, 2.45) is 5.73 Å². The van der Waals surface area contributed by atoms with E-state index in [2.05, 4.69) is 15.5 Å². The van der Waals surface area contributed by atoms with E-state index in [1.165, 1.54) is 0 Å². The summed E-state index contributed by atoms with van der Waals surface area (Å²) in [5, 5.41) is 6.68. The fraction of sp³-hybridized carbons (Fsp3) is 0.333. The lowest BCUT2D eigenvalue weighted by atomic mass is 10.1. The van der Waals surface area contributed by atoms with Gasteiger partial charge in [-0.2, -0.15) is 0 Å². The van der Waals surface area contributed by atoms with E-state index in [4.69, 9.17) is 33.7 Å². The maximum atomic E-state index is 12.1. The van der Waals surface area contributed by atoms with Crippen LogP contribution in [0, 0.1) is 0 Å². The first-order valence-corrected chi connectivity index (χ1v) is 10.3. The van der Waals surface area contributed by atoms with Crippen molar-refractivity contribution < 1.29 is 14.3 Å². The van der Waals surface area contributed by atoms with Crippen molar-refractivity contribution >= 4 is 35.1 Å². The first-order valence-electron chi connectivity index (χ1n) is 9.59. The van der Waals surface area contributed by atoms with Crippen molar-refractivity contribution in [1.82, 2.24) is 15.5 Å². The first-order chi connectivity index (χ1) is 14.4. The van der Waals surface area contributed by atoms with E-state index in [-0.39, 0.29) is 12.1 Å². The molecule has 4 N–H and O–H groups in total. The van der Waals surface area contributed by atoms with E-state index in [9.17, 15) is 9.59 Å². The van der Waals surface area contributed by atoms with Gasteiger partial charge in [0, 0.05) is 38.3 Å². The van der Waals surface area contributed by atoms with Crippen LogP contribution in [0.5, 0.6) is 0 Å². The van der Waals surface area contributed by atoms with Gasteiger partial charge in [0.25, 0.3) is 0 Å². The summed E-state index contributed by atoms with van der Waals surface area (Å²) in [6.45, 7) is 3.52. The van der Waals surface area contributed by atoms with Crippen molar-refractivity contribution in [1.29, 1.82) is 0 Å². The monoisotopic (exact) mass is 450 g/mol. The number of rotatable bonds is 7. The lowest BCUT2D eigenvalue weighted by Gasteiger charge is -2.33. The zero-order chi connectivity index (χ0) is 21.5. The quantitative estimate of drug-likeness (QED) is 0.603. The third kappa shape index (κ3) is 6.60. The molecule has 1 aliphatic heterocycles. The molecule has 0 unspecified atom stereocenters. The number of hydrogen-bond acceptors (Lipinski definition) is 4. The zero-order valence-corrected chi connectivity index (χ0v) is 17.9. The van der Waals surface area contributed by atoms with Crippen LogP contribution in [-0.2, 0) is 17.8 Å². The molecule has 0 saturated carbocycles. The third-order valence-corrected chi connectivity index (χ3v) is 5.51. The Labute approximate surface area is 185 Å². The molecule has 160 valence electrons. The molecule has 2 aromatic rings. The van der Waals surface area contributed by atoms with Gasteiger partial charge in [0.15, 0.2) is 0 Å². The molecule has 1 fully saturated rings. The maximum Gasteiger partial charge on any atom is 0.315 e. The highest BCUT2D eigenvalue weighted by Crippen LogP contribution is 2.23. The summed E-state index contributed by atoms with van der Waals surface area (Å²) in [6, 6.07) is 12.2. The van der Waals surface area contributed by atoms with Crippen LogP contribution < -0.4 is 16.4 Å². The Kier molecular flexibility index (Phi) is 7.93. The van der Waals surface area contributed by atoms with E-state index >= 15 is 0 Å². The summed E-state index contributed by atoms with van der Waals surface area (Å²) in [6.07, 6.45) is -0.106. The lowest BCUT2D eigenvalue weighted by molar-refractivity contribution is -0.0287. The van der Waals surface area contributed by atoms with Crippen LogP contribution in [0.25, 0.3) is 0 Å².